The molecule has 0 aliphatic carbocycles. The van der Waals surface area contributed by atoms with Gasteiger partial charge in [-0.1, -0.05) is 58.5 Å². The van der Waals surface area contributed by atoms with Crippen molar-refractivity contribution in [3.8, 4) is 11.5 Å². The van der Waals surface area contributed by atoms with Gasteiger partial charge in [-0.3, -0.25) is 0 Å². The lowest BCUT2D eigenvalue weighted by Crippen LogP contribution is -2.46. The zero-order valence-corrected chi connectivity index (χ0v) is 16.8. The van der Waals surface area contributed by atoms with E-state index in [2.05, 4.69) is 10.2 Å². The van der Waals surface area contributed by atoms with E-state index in [9.17, 15) is 0 Å². The first kappa shape index (κ1) is 19.6. The molecule has 2 aliphatic heterocycles. The zero-order valence-electron chi connectivity index (χ0n) is 13.8. The van der Waals surface area contributed by atoms with E-state index in [1.54, 1.807) is 0 Å². The van der Waals surface area contributed by atoms with Crippen LogP contribution in [0.25, 0.3) is 0 Å². The molecule has 0 saturated carbocycles. The minimum absolute atomic E-state index is 0.691. The van der Waals surface area contributed by atoms with Gasteiger partial charge in [0.05, 0.1) is 5.56 Å². The molecule has 2 heterocycles. The van der Waals surface area contributed by atoms with Gasteiger partial charge in [-0.25, -0.2) is 4.99 Å². The summed E-state index contributed by atoms with van der Waals surface area (Å²) in [5.41, 5.74) is 1.80. The number of alkyl halides is 3. The second-order valence-corrected chi connectivity index (χ2v) is 8.05. The number of rotatable bonds is 0. The summed E-state index contributed by atoms with van der Waals surface area (Å²) in [6.45, 7) is 3.76. The Morgan fingerprint density at radius 3 is 2.42 bits per heavy atom. The van der Waals surface area contributed by atoms with Crippen LogP contribution in [0.4, 0.5) is 5.69 Å². The molecule has 1 saturated heterocycles. The van der Waals surface area contributed by atoms with E-state index >= 15 is 0 Å². The minimum atomic E-state index is -0.750. The molecule has 2 aromatic rings. The first-order valence-electron chi connectivity index (χ1n) is 8.08. The summed E-state index contributed by atoms with van der Waals surface area (Å²) >= 11 is 20.6. The van der Waals surface area contributed by atoms with Crippen LogP contribution >= 0.6 is 46.4 Å². The molecule has 2 aliphatic rings. The lowest BCUT2D eigenvalue weighted by atomic mass is 10.1. The molecule has 0 unspecified atom stereocenters. The quantitative estimate of drug-likeness (QED) is 0.565. The number of piperazine rings is 1. The van der Waals surface area contributed by atoms with E-state index in [1.165, 1.54) is 0 Å². The van der Waals surface area contributed by atoms with Gasteiger partial charge in [0.25, 0.3) is 0 Å². The molecule has 0 radical (unpaired) electrons. The third-order valence-electron chi connectivity index (χ3n) is 3.91. The number of ether oxygens (including phenoxy) is 1. The predicted molar refractivity (Wildman–Crippen MR) is 110 cm³/mol. The molecule has 4 rings (SSSR count). The molecular formula is C18H17Cl4N3O. The van der Waals surface area contributed by atoms with Crippen molar-refractivity contribution in [2.24, 2.45) is 4.99 Å². The van der Waals surface area contributed by atoms with Gasteiger partial charge in [0.15, 0.2) is 10.0 Å². The smallest absolute Gasteiger partial charge is 0.180 e. The topological polar surface area (TPSA) is 36.9 Å². The van der Waals surface area contributed by atoms with Gasteiger partial charge in [0.2, 0.25) is 0 Å². The number of nitrogens with one attached hydrogen (secondary N) is 1. The molecule has 0 bridgehead atoms. The Hall–Kier alpha value is -1.17. The van der Waals surface area contributed by atoms with Gasteiger partial charge in [0.1, 0.15) is 17.3 Å². The average molecular weight is 433 g/mol. The molecule has 138 valence electrons. The Kier molecular flexibility index (Phi) is 6.90. The van der Waals surface area contributed by atoms with E-state index in [4.69, 9.17) is 56.1 Å². The Bertz CT molecular complexity index is 789. The summed E-state index contributed by atoms with van der Waals surface area (Å²) in [7, 11) is 0. The molecule has 0 atom stereocenters. The van der Waals surface area contributed by atoms with Gasteiger partial charge < -0.3 is 15.0 Å². The van der Waals surface area contributed by atoms with Crippen LogP contribution in [0.3, 0.4) is 0 Å². The van der Waals surface area contributed by atoms with Crippen molar-refractivity contribution < 1.29 is 4.74 Å². The lowest BCUT2D eigenvalue weighted by molar-refractivity contribution is 0.357. The van der Waals surface area contributed by atoms with Crippen LogP contribution in [0.2, 0.25) is 5.02 Å². The van der Waals surface area contributed by atoms with E-state index in [0.29, 0.717) is 5.02 Å². The summed E-state index contributed by atoms with van der Waals surface area (Å²) in [6, 6.07) is 13.6. The van der Waals surface area contributed by atoms with Gasteiger partial charge in [-0.2, -0.15) is 0 Å². The highest BCUT2D eigenvalue weighted by molar-refractivity contribution is 6.63. The number of benzene rings is 2. The molecule has 26 heavy (non-hydrogen) atoms. The molecular weight excluding hydrogens is 416 g/mol. The second-order valence-electron chi connectivity index (χ2n) is 5.63. The van der Waals surface area contributed by atoms with Gasteiger partial charge in [-0.15, -0.1) is 0 Å². The van der Waals surface area contributed by atoms with Crippen LogP contribution in [0.1, 0.15) is 5.56 Å². The van der Waals surface area contributed by atoms with Crippen molar-refractivity contribution >= 4 is 57.9 Å². The summed E-state index contributed by atoms with van der Waals surface area (Å²) in [6.07, 6.45) is 0. The fourth-order valence-corrected chi connectivity index (χ4v) is 2.98. The highest BCUT2D eigenvalue weighted by Gasteiger charge is 2.23. The molecule has 0 spiro atoms. The number of para-hydroxylation sites is 2. The number of hydrogen-bond donors (Lipinski definition) is 1. The first-order chi connectivity index (χ1) is 12.5. The third-order valence-corrected chi connectivity index (χ3v) is 4.15. The Balaban J connectivity index is 0.000000447. The number of halogens is 4. The molecule has 1 N–H and O–H groups in total. The summed E-state index contributed by atoms with van der Waals surface area (Å²) in [4.78, 5) is 7.17. The number of hydrogen-bond acceptors (Lipinski definition) is 4. The monoisotopic (exact) mass is 431 g/mol. The summed E-state index contributed by atoms with van der Waals surface area (Å²) in [5, 5.41) is 4.06. The number of amidine groups is 1. The fourth-order valence-electron chi connectivity index (χ4n) is 2.81. The number of fused-ring (bicyclic) bond motifs is 2. The Morgan fingerprint density at radius 2 is 1.69 bits per heavy atom. The number of nitrogens with zero attached hydrogens (tertiary/aromatic N) is 2. The van der Waals surface area contributed by atoms with E-state index in [-0.39, 0.29) is 0 Å². The van der Waals surface area contributed by atoms with E-state index < -0.39 is 4.30 Å². The number of aliphatic imine (C=N–C) groups is 1. The molecule has 0 amide bonds. The SMILES string of the molecule is ClC(Cl)Cl.Clc1ccc2c(c1)C(N1CCNCC1)=Nc1ccccc1O2. The lowest BCUT2D eigenvalue weighted by Gasteiger charge is -2.30. The zero-order chi connectivity index (χ0) is 18.5. The van der Waals surface area contributed by atoms with Crippen molar-refractivity contribution in [3.63, 3.8) is 0 Å². The van der Waals surface area contributed by atoms with Crippen LogP contribution in [-0.4, -0.2) is 41.2 Å². The minimum Gasteiger partial charge on any atom is -0.454 e. The average Bonchev–Trinajstić information content (AvgIpc) is 2.78. The molecule has 0 aromatic heterocycles. The van der Waals surface area contributed by atoms with Crippen LogP contribution in [0.15, 0.2) is 47.5 Å². The van der Waals surface area contributed by atoms with Crippen molar-refractivity contribution in [1.82, 2.24) is 10.2 Å². The van der Waals surface area contributed by atoms with Gasteiger partial charge in [0, 0.05) is 31.2 Å². The van der Waals surface area contributed by atoms with Gasteiger partial charge in [-0.05, 0) is 30.3 Å². The maximum atomic E-state index is 6.20. The Morgan fingerprint density at radius 1 is 1.00 bits per heavy atom. The predicted octanol–water partition coefficient (Wildman–Crippen LogP) is 5.42. The highest BCUT2D eigenvalue weighted by atomic mass is 35.6. The maximum Gasteiger partial charge on any atom is 0.180 e. The van der Waals surface area contributed by atoms with Crippen LogP contribution in [0.5, 0.6) is 11.5 Å². The van der Waals surface area contributed by atoms with Crippen molar-refractivity contribution in [2.45, 2.75) is 4.30 Å². The van der Waals surface area contributed by atoms with Crippen molar-refractivity contribution in [3.05, 3.63) is 53.1 Å². The third kappa shape index (κ3) is 4.96. The maximum absolute atomic E-state index is 6.20. The van der Waals surface area contributed by atoms with E-state index in [0.717, 1.165) is 54.8 Å². The summed E-state index contributed by atoms with van der Waals surface area (Å²) in [5.74, 6) is 2.51. The first-order valence-corrected chi connectivity index (χ1v) is 9.76. The van der Waals surface area contributed by atoms with Crippen molar-refractivity contribution in [2.75, 3.05) is 26.2 Å². The second kappa shape index (κ2) is 9.16. The Labute approximate surface area is 172 Å². The largest absolute Gasteiger partial charge is 0.454 e. The fraction of sp³-hybridized carbons (Fsp3) is 0.278. The standard InChI is InChI=1S/C17H16ClN3O.CHCl3/c18-12-5-6-15-13(11-12)17(21-9-7-19-8-10-21)20-14-3-1-2-4-16(14)22-15;2-1(3)4/h1-6,11,19H,7-10H2;1H. The van der Waals surface area contributed by atoms with Crippen molar-refractivity contribution in [1.29, 1.82) is 0 Å². The van der Waals surface area contributed by atoms with Crippen LogP contribution in [-0.2, 0) is 0 Å². The highest BCUT2D eigenvalue weighted by Crippen LogP contribution is 2.38. The van der Waals surface area contributed by atoms with Crippen LogP contribution in [0, 0.1) is 0 Å². The van der Waals surface area contributed by atoms with E-state index in [1.807, 2.05) is 42.5 Å². The molecule has 8 heteroatoms. The van der Waals surface area contributed by atoms with Crippen LogP contribution < -0.4 is 10.1 Å². The molecule has 2 aromatic carbocycles. The van der Waals surface area contributed by atoms with Gasteiger partial charge >= 0.3 is 0 Å². The molecule has 1 fully saturated rings. The molecule has 4 nitrogen and oxygen atoms in total. The summed E-state index contributed by atoms with van der Waals surface area (Å²) < 4.78 is 5.31. The normalized spacial score (nSPS) is 15.7.